The minimum atomic E-state index is -4.44. The fourth-order valence-electron chi connectivity index (χ4n) is 2.12. The van der Waals surface area contributed by atoms with Gasteiger partial charge in [-0.05, 0) is 24.6 Å². The Morgan fingerprint density at radius 1 is 1.33 bits per heavy atom. The van der Waals surface area contributed by atoms with Gasteiger partial charge in [-0.25, -0.2) is 0 Å². The number of amides is 1. The van der Waals surface area contributed by atoms with Gasteiger partial charge in [0, 0.05) is 20.1 Å². The molecule has 3 rings (SSSR count). The smallest absolute Gasteiger partial charge is 0.338 e. The Balaban J connectivity index is 1.88. The summed E-state index contributed by atoms with van der Waals surface area (Å²) in [7, 11) is 1.26. The zero-order chi connectivity index (χ0) is 15.2. The van der Waals surface area contributed by atoms with Crippen molar-refractivity contribution in [3.63, 3.8) is 0 Å². The van der Waals surface area contributed by atoms with Gasteiger partial charge in [0.05, 0.1) is 9.75 Å². The van der Waals surface area contributed by atoms with Gasteiger partial charge in [0.15, 0.2) is 0 Å². The molecule has 1 amide bonds. The molecule has 1 fully saturated rings. The van der Waals surface area contributed by atoms with Gasteiger partial charge in [0.25, 0.3) is 5.91 Å². The van der Waals surface area contributed by atoms with E-state index in [0.717, 1.165) is 30.3 Å². The summed E-state index contributed by atoms with van der Waals surface area (Å²) in [6.07, 6.45) is -3.44. The van der Waals surface area contributed by atoms with E-state index in [0.29, 0.717) is 9.75 Å². The third-order valence-corrected chi connectivity index (χ3v) is 4.48. The molecule has 2 aromatic rings. The standard InChI is InChI=1S/C13H12F3N3OS/c1-18-11(13(14,15)16)7-8(17-18)9-3-4-10(21-9)12(20)19-5-2-6-19/h3-4,7H,2,5-6H2,1H3. The molecule has 0 aliphatic carbocycles. The third kappa shape index (κ3) is 2.55. The van der Waals surface area contributed by atoms with Crippen molar-refractivity contribution in [1.29, 1.82) is 0 Å². The van der Waals surface area contributed by atoms with E-state index >= 15 is 0 Å². The van der Waals surface area contributed by atoms with Crippen molar-refractivity contribution in [2.45, 2.75) is 12.6 Å². The summed E-state index contributed by atoms with van der Waals surface area (Å²) in [6.45, 7) is 1.49. The molecule has 0 unspecified atom stereocenters. The topological polar surface area (TPSA) is 38.1 Å². The number of carbonyl (C=O) groups excluding carboxylic acids is 1. The van der Waals surface area contributed by atoms with E-state index in [1.54, 1.807) is 17.0 Å². The van der Waals surface area contributed by atoms with E-state index in [1.165, 1.54) is 18.4 Å². The van der Waals surface area contributed by atoms with Crippen LogP contribution in [0.4, 0.5) is 13.2 Å². The summed E-state index contributed by atoms with van der Waals surface area (Å²) in [4.78, 5) is 14.8. The SMILES string of the molecule is Cn1nc(-c2ccc(C(=O)N3CCC3)s2)cc1C(F)(F)F. The van der Waals surface area contributed by atoms with E-state index in [9.17, 15) is 18.0 Å². The lowest BCUT2D eigenvalue weighted by Crippen LogP contribution is -2.41. The van der Waals surface area contributed by atoms with Crippen LogP contribution in [-0.4, -0.2) is 33.7 Å². The number of halogens is 3. The van der Waals surface area contributed by atoms with Crippen LogP contribution >= 0.6 is 11.3 Å². The van der Waals surface area contributed by atoms with Crippen molar-refractivity contribution in [3.8, 4) is 10.6 Å². The summed E-state index contributed by atoms with van der Waals surface area (Å²) in [5, 5.41) is 3.88. The Labute approximate surface area is 122 Å². The Hall–Kier alpha value is -1.83. The first-order valence-electron chi connectivity index (χ1n) is 6.37. The number of thiophene rings is 1. The molecular weight excluding hydrogens is 303 g/mol. The van der Waals surface area contributed by atoms with Gasteiger partial charge in [-0.2, -0.15) is 18.3 Å². The molecule has 2 aromatic heterocycles. The van der Waals surface area contributed by atoms with Crippen LogP contribution in [0.2, 0.25) is 0 Å². The number of aryl methyl sites for hydroxylation is 1. The third-order valence-electron chi connectivity index (χ3n) is 3.38. The van der Waals surface area contributed by atoms with Crippen LogP contribution < -0.4 is 0 Å². The average Bonchev–Trinajstić information content (AvgIpc) is 2.91. The van der Waals surface area contributed by atoms with Crippen molar-refractivity contribution in [3.05, 3.63) is 28.8 Å². The predicted octanol–water partition coefficient (Wildman–Crippen LogP) is 3.01. The molecule has 0 radical (unpaired) electrons. The fraction of sp³-hybridized carbons (Fsp3) is 0.385. The Morgan fingerprint density at radius 3 is 2.57 bits per heavy atom. The maximum Gasteiger partial charge on any atom is 0.433 e. The van der Waals surface area contributed by atoms with Crippen LogP contribution in [0.3, 0.4) is 0 Å². The molecule has 0 saturated carbocycles. The highest BCUT2D eigenvalue weighted by atomic mass is 32.1. The fourth-order valence-corrected chi connectivity index (χ4v) is 3.05. The van der Waals surface area contributed by atoms with Crippen molar-refractivity contribution in [2.24, 2.45) is 7.05 Å². The van der Waals surface area contributed by atoms with E-state index in [4.69, 9.17) is 0 Å². The summed E-state index contributed by atoms with van der Waals surface area (Å²) >= 11 is 1.17. The molecule has 0 N–H and O–H groups in total. The molecule has 0 spiro atoms. The number of rotatable bonds is 2. The second-order valence-corrected chi connectivity index (χ2v) is 5.93. The lowest BCUT2D eigenvalue weighted by Gasteiger charge is -2.30. The molecule has 1 saturated heterocycles. The number of aromatic nitrogens is 2. The van der Waals surface area contributed by atoms with Gasteiger partial charge in [-0.15, -0.1) is 11.3 Å². The van der Waals surface area contributed by atoms with Crippen LogP contribution in [0.25, 0.3) is 10.6 Å². The van der Waals surface area contributed by atoms with Gasteiger partial charge < -0.3 is 4.90 Å². The zero-order valence-electron chi connectivity index (χ0n) is 11.1. The lowest BCUT2D eigenvalue weighted by atomic mass is 10.2. The van der Waals surface area contributed by atoms with Crippen molar-refractivity contribution in [1.82, 2.24) is 14.7 Å². The minimum Gasteiger partial charge on any atom is -0.338 e. The molecule has 3 heterocycles. The monoisotopic (exact) mass is 315 g/mol. The van der Waals surface area contributed by atoms with Gasteiger partial charge in [-0.1, -0.05) is 0 Å². The summed E-state index contributed by atoms with van der Waals surface area (Å²) in [5.74, 6) is -0.0653. The van der Waals surface area contributed by atoms with Crippen molar-refractivity contribution < 1.29 is 18.0 Å². The predicted molar refractivity (Wildman–Crippen MR) is 72.0 cm³/mol. The molecule has 0 aromatic carbocycles. The first-order chi connectivity index (χ1) is 9.86. The molecular formula is C13H12F3N3OS. The first-order valence-corrected chi connectivity index (χ1v) is 7.18. The molecule has 1 aliphatic rings. The second-order valence-electron chi connectivity index (χ2n) is 4.85. The maximum atomic E-state index is 12.8. The van der Waals surface area contributed by atoms with Crippen LogP contribution in [0.5, 0.6) is 0 Å². The van der Waals surface area contributed by atoms with Crippen LogP contribution in [-0.2, 0) is 13.2 Å². The van der Waals surface area contributed by atoms with Crippen LogP contribution in [0.1, 0.15) is 21.8 Å². The highest BCUT2D eigenvalue weighted by Crippen LogP contribution is 2.34. The normalized spacial score (nSPS) is 15.1. The first kappa shape index (κ1) is 14.1. The molecule has 21 heavy (non-hydrogen) atoms. The quantitative estimate of drug-likeness (QED) is 0.854. The minimum absolute atomic E-state index is 0.0653. The highest BCUT2D eigenvalue weighted by Gasteiger charge is 2.35. The molecule has 1 aliphatic heterocycles. The maximum absolute atomic E-state index is 12.8. The number of alkyl halides is 3. The van der Waals surface area contributed by atoms with E-state index in [2.05, 4.69) is 5.10 Å². The average molecular weight is 315 g/mol. The number of likely N-dealkylation sites (tertiary alicyclic amines) is 1. The Kier molecular flexibility index (Phi) is 3.27. The molecule has 0 atom stereocenters. The van der Waals surface area contributed by atoms with Gasteiger partial charge in [0.1, 0.15) is 11.4 Å². The number of hydrogen-bond acceptors (Lipinski definition) is 3. The largest absolute Gasteiger partial charge is 0.433 e. The molecule has 8 heteroatoms. The van der Waals surface area contributed by atoms with Crippen molar-refractivity contribution >= 4 is 17.2 Å². The van der Waals surface area contributed by atoms with E-state index in [1.807, 2.05) is 0 Å². The van der Waals surface area contributed by atoms with E-state index in [-0.39, 0.29) is 11.6 Å². The summed E-state index contributed by atoms with van der Waals surface area (Å²) in [6, 6.07) is 4.28. The zero-order valence-corrected chi connectivity index (χ0v) is 12.0. The molecule has 112 valence electrons. The molecule has 0 bridgehead atoms. The number of carbonyl (C=O) groups is 1. The van der Waals surface area contributed by atoms with Gasteiger partial charge in [-0.3, -0.25) is 9.48 Å². The van der Waals surface area contributed by atoms with Crippen molar-refractivity contribution in [2.75, 3.05) is 13.1 Å². The lowest BCUT2D eigenvalue weighted by molar-refractivity contribution is -0.143. The highest BCUT2D eigenvalue weighted by molar-refractivity contribution is 7.17. The number of hydrogen-bond donors (Lipinski definition) is 0. The van der Waals surface area contributed by atoms with E-state index < -0.39 is 11.9 Å². The summed E-state index contributed by atoms with van der Waals surface area (Å²) in [5.41, 5.74) is -0.570. The van der Waals surface area contributed by atoms with Gasteiger partial charge in [0.2, 0.25) is 0 Å². The molecule has 4 nitrogen and oxygen atoms in total. The number of nitrogens with zero attached hydrogens (tertiary/aromatic N) is 3. The summed E-state index contributed by atoms with van der Waals surface area (Å²) < 4.78 is 39.1. The van der Waals surface area contributed by atoms with Crippen LogP contribution in [0, 0.1) is 0 Å². The van der Waals surface area contributed by atoms with Crippen LogP contribution in [0.15, 0.2) is 18.2 Å². The second kappa shape index (κ2) is 4.87. The Bertz CT molecular complexity index is 685. The Morgan fingerprint density at radius 2 is 2.05 bits per heavy atom. The van der Waals surface area contributed by atoms with Gasteiger partial charge >= 0.3 is 6.18 Å².